The first-order valence-corrected chi connectivity index (χ1v) is 16.8. The molecule has 14 nitrogen and oxygen atoms in total. The maximum atomic E-state index is 13.9. The number of amides is 2. The number of carbonyl (C=O) groups excluding carboxylic acids is 4. The SMILES string of the molecule is CC(C)C(=O)[C@H](Cc1ccccc1)NC(=O)[C@H](CCCCN)NC[C@@](C=O)(Cc1cn(C)c(=S)n1C)NC(=O)C(N)CCCN=C(N)N. The van der Waals surface area contributed by atoms with Crippen LogP contribution in [0.2, 0.25) is 0 Å². The van der Waals surface area contributed by atoms with Crippen molar-refractivity contribution in [1.82, 2.24) is 25.1 Å². The Morgan fingerprint density at radius 2 is 1.71 bits per heavy atom. The molecule has 2 rings (SSSR count). The number of guanidine groups is 1. The van der Waals surface area contributed by atoms with Crippen LogP contribution < -0.4 is 38.9 Å². The van der Waals surface area contributed by atoms with Crippen molar-refractivity contribution in [2.75, 3.05) is 19.6 Å². The summed E-state index contributed by atoms with van der Waals surface area (Å²) in [5, 5.41) is 9.06. The van der Waals surface area contributed by atoms with E-state index in [-0.39, 0.29) is 43.0 Å². The number of nitrogens with two attached hydrogens (primary N) is 4. The van der Waals surface area contributed by atoms with Crippen molar-refractivity contribution < 1.29 is 19.2 Å². The Bertz CT molecular complexity index is 1440. The van der Waals surface area contributed by atoms with Crippen LogP contribution in [0.1, 0.15) is 57.2 Å². The summed E-state index contributed by atoms with van der Waals surface area (Å²) in [6.45, 7) is 4.24. The first-order chi connectivity index (χ1) is 22.7. The zero-order valence-corrected chi connectivity index (χ0v) is 29.4. The Labute approximate surface area is 288 Å². The molecular weight excluding hydrogens is 632 g/mol. The van der Waals surface area contributed by atoms with Crippen molar-refractivity contribution in [2.24, 2.45) is 47.9 Å². The largest absolute Gasteiger partial charge is 0.370 e. The second-order valence-corrected chi connectivity index (χ2v) is 13.0. The fourth-order valence-electron chi connectivity index (χ4n) is 5.34. The van der Waals surface area contributed by atoms with Crippen LogP contribution in [0.5, 0.6) is 0 Å². The number of rotatable bonds is 22. The highest BCUT2D eigenvalue weighted by atomic mass is 32.1. The number of aldehydes is 1. The molecule has 0 aliphatic rings. The lowest BCUT2D eigenvalue weighted by molar-refractivity contribution is -0.131. The van der Waals surface area contributed by atoms with E-state index in [2.05, 4.69) is 20.9 Å². The molecule has 1 heterocycles. The molecule has 0 aliphatic carbocycles. The lowest BCUT2D eigenvalue weighted by Crippen LogP contribution is -2.63. The van der Waals surface area contributed by atoms with E-state index < -0.39 is 29.6 Å². The van der Waals surface area contributed by atoms with Gasteiger partial charge in [0.25, 0.3) is 0 Å². The average Bonchev–Trinajstić information content (AvgIpc) is 3.29. The molecule has 1 aromatic heterocycles. The molecule has 0 aliphatic heterocycles. The number of hydrogen-bond acceptors (Lipinski definition) is 9. The standard InChI is InChI=1S/C33H54N10O4S/c1-22(2)28(45)27(17-23-11-6-5-7-12-23)40-30(47)26(14-8-9-15-34)39-20-33(21-44,18-24-19-42(3)32(48)43(24)4)41-29(46)25(35)13-10-16-38-31(36)37/h5-7,11-12,19,21-22,25-27,39H,8-10,13-18,20,34-35H2,1-4H3,(H,40,47)(H,41,46)(H4,36,37,38)/t25?,26-,27-,33+/m0/s1. The van der Waals surface area contributed by atoms with E-state index in [0.717, 1.165) is 5.56 Å². The van der Waals surface area contributed by atoms with Gasteiger partial charge in [0.1, 0.15) is 11.8 Å². The van der Waals surface area contributed by atoms with Crippen molar-refractivity contribution in [2.45, 2.75) is 82.5 Å². The minimum Gasteiger partial charge on any atom is -0.370 e. The summed E-state index contributed by atoms with van der Waals surface area (Å²) in [5.74, 6) is -1.37. The van der Waals surface area contributed by atoms with Crippen molar-refractivity contribution in [3.8, 4) is 0 Å². The van der Waals surface area contributed by atoms with Crippen molar-refractivity contribution >= 4 is 42.1 Å². The highest BCUT2D eigenvalue weighted by molar-refractivity contribution is 7.71. The van der Waals surface area contributed by atoms with E-state index in [4.69, 9.17) is 35.2 Å². The summed E-state index contributed by atoms with van der Waals surface area (Å²) in [5.41, 5.74) is 22.8. The number of benzene rings is 1. The lowest BCUT2D eigenvalue weighted by Gasteiger charge is -2.33. The third-order valence-corrected chi connectivity index (χ3v) is 8.76. The van der Waals surface area contributed by atoms with Gasteiger partial charge >= 0.3 is 0 Å². The predicted molar refractivity (Wildman–Crippen MR) is 190 cm³/mol. The van der Waals surface area contributed by atoms with Gasteiger partial charge in [-0.2, -0.15) is 0 Å². The van der Waals surface area contributed by atoms with E-state index in [1.54, 1.807) is 43.3 Å². The van der Waals surface area contributed by atoms with Gasteiger partial charge in [-0.1, -0.05) is 50.6 Å². The summed E-state index contributed by atoms with van der Waals surface area (Å²) in [4.78, 5) is 57.3. The van der Waals surface area contributed by atoms with Gasteiger partial charge in [0.05, 0.1) is 18.1 Å². The molecule has 2 aromatic rings. The van der Waals surface area contributed by atoms with Gasteiger partial charge in [-0.3, -0.25) is 19.4 Å². The Balaban J connectivity index is 2.37. The number of imidazole rings is 1. The number of nitrogens with zero attached hydrogens (tertiary/aromatic N) is 3. The number of unbranched alkanes of at least 4 members (excludes halogenated alkanes) is 1. The number of aromatic nitrogens is 2. The van der Waals surface area contributed by atoms with Crippen LogP contribution >= 0.6 is 12.2 Å². The van der Waals surface area contributed by atoms with Crippen LogP contribution in [0.25, 0.3) is 0 Å². The summed E-state index contributed by atoms with van der Waals surface area (Å²) in [7, 11) is 3.57. The summed E-state index contributed by atoms with van der Waals surface area (Å²) < 4.78 is 4.03. The number of nitrogens with one attached hydrogen (secondary N) is 3. The quantitative estimate of drug-likeness (QED) is 0.0291. The Morgan fingerprint density at radius 1 is 1.02 bits per heavy atom. The maximum absolute atomic E-state index is 13.9. The predicted octanol–water partition coefficient (Wildman–Crippen LogP) is 0.110. The molecule has 4 atom stereocenters. The van der Waals surface area contributed by atoms with Crippen LogP contribution in [0.3, 0.4) is 0 Å². The van der Waals surface area contributed by atoms with E-state index in [1.807, 2.05) is 30.3 Å². The minimum absolute atomic E-state index is 0.0547. The highest BCUT2D eigenvalue weighted by Crippen LogP contribution is 2.16. The van der Waals surface area contributed by atoms with E-state index in [1.165, 1.54) is 0 Å². The number of carbonyl (C=O) groups is 4. The van der Waals surface area contributed by atoms with Gasteiger partial charge in [-0.15, -0.1) is 0 Å². The summed E-state index contributed by atoms with van der Waals surface area (Å²) in [6.07, 6.45) is 5.27. The fraction of sp³-hybridized carbons (Fsp3) is 0.576. The van der Waals surface area contributed by atoms with Crippen LogP contribution in [-0.4, -0.2) is 82.3 Å². The Kier molecular flexibility index (Phi) is 16.6. The molecule has 0 saturated heterocycles. The molecule has 2 amide bonds. The van der Waals surface area contributed by atoms with Crippen LogP contribution in [0.4, 0.5) is 0 Å². The second kappa shape index (κ2) is 19.8. The molecular formula is C33H54N10O4S. The third kappa shape index (κ3) is 12.6. The van der Waals surface area contributed by atoms with E-state index >= 15 is 0 Å². The fourth-order valence-corrected chi connectivity index (χ4v) is 5.51. The molecule has 0 radical (unpaired) electrons. The number of hydrogen-bond donors (Lipinski definition) is 7. The van der Waals surface area contributed by atoms with Crippen LogP contribution in [0, 0.1) is 10.7 Å². The molecule has 0 saturated carbocycles. The molecule has 11 N–H and O–H groups in total. The average molecular weight is 687 g/mol. The van der Waals surface area contributed by atoms with Gasteiger partial charge < -0.3 is 52.8 Å². The van der Waals surface area contributed by atoms with Gasteiger partial charge in [-0.05, 0) is 56.4 Å². The first-order valence-electron chi connectivity index (χ1n) is 16.4. The van der Waals surface area contributed by atoms with Gasteiger partial charge in [0.15, 0.2) is 16.5 Å². The molecule has 0 bridgehead atoms. The highest BCUT2D eigenvalue weighted by Gasteiger charge is 2.36. The molecule has 266 valence electrons. The maximum Gasteiger partial charge on any atom is 0.237 e. The van der Waals surface area contributed by atoms with Gasteiger partial charge in [-0.25, -0.2) is 0 Å². The zero-order valence-electron chi connectivity index (χ0n) is 28.6. The minimum atomic E-state index is -1.50. The second-order valence-electron chi connectivity index (χ2n) is 12.6. The van der Waals surface area contributed by atoms with Crippen molar-refractivity contribution in [3.63, 3.8) is 0 Å². The molecule has 1 unspecified atom stereocenters. The summed E-state index contributed by atoms with van der Waals surface area (Å²) in [6, 6.07) is 7.00. The van der Waals surface area contributed by atoms with Crippen LogP contribution in [0.15, 0.2) is 41.5 Å². The Hall–Kier alpha value is -3.92. The van der Waals surface area contributed by atoms with Crippen molar-refractivity contribution in [3.05, 3.63) is 52.6 Å². The van der Waals surface area contributed by atoms with Crippen LogP contribution in [-0.2, 0) is 46.1 Å². The topological polar surface area (TPSA) is 231 Å². The zero-order chi connectivity index (χ0) is 35.9. The van der Waals surface area contributed by atoms with E-state index in [0.29, 0.717) is 61.9 Å². The third-order valence-electron chi connectivity index (χ3n) is 8.20. The number of Topliss-reactive ketones (excluding diaryl/α,β-unsaturated/α-hetero) is 1. The Morgan fingerprint density at radius 3 is 2.27 bits per heavy atom. The van der Waals surface area contributed by atoms with Gasteiger partial charge in [0, 0.05) is 51.4 Å². The molecule has 0 spiro atoms. The van der Waals surface area contributed by atoms with Gasteiger partial charge in [0.2, 0.25) is 11.8 Å². The number of aryl methyl sites for hydroxylation is 1. The molecule has 0 fully saturated rings. The number of aliphatic imine (C=N–C) groups is 1. The monoisotopic (exact) mass is 686 g/mol. The summed E-state index contributed by atoms with van der Waals surface area (Å²) >= 11 is 5.47. The lowest BCUT2D eigenvalue weighted by atomic mass is 9.92. The first kappa shape index (κ1) is 40.3. The smallest absolute Gasteiger partial charge is 0.237 e. The normalized spacial score (nSPS) is 14.4. The molecule has 48 heavy (non-hydrogen) atoms. The number of ketones is 1. The molecule has 15 heteroatoms. The molecule has 1 aromatic carbocycles. The van der Waals surface area contributed by atoms with E-state index in [9.17, 15) is 19.2 Å². The van der Waals surface area contributed by atoms with Crippen molar-refractivity contribution in [1.29, 1.82) is 0 Å².